The Morgan fingerprint density at radius 1 is 0.519 bits per heavy atom. The van der Waals surface area contributed by atoms with E-state index in [0.717, 1.165) is 0 Å². The van der Waals surface area contributed by atoms with Crippen LogP contribution in [-0.4, -0.2) is 42.7 Å². The average Bonchev–Trinajstić information content (AvgIpc) is 2.67. The van der Waals surface area contributed by atoms with E-state index in [-0.39, 0.29) is 18.5 Å². The molecule has 0 N–H and O–H groups in total. The van der Waals surface area contributed by atoms with Crippen molar-refractivity contribution in [1.29, 1.82) is 0 Å². The molecule has 0 unspecified atom stereocenters. The largest absolute Gasteiger partial charge is 0.334 e. The standard InChI is InChI=1S/C15H27O9P3/c1-19-25(16,20-2)10-13-7-14(11-26(17,21-3)22-4)9-15(8-13)12-27(18,23-5)24-6/h7-9H,10-12H2,1-6H3. The van der Waals surface area contributed by atoms with Gasteiger partial charge in [-0.3, -0.25) is 13.7 Å². The highest BCUT2D eigenvalue weighted by molar-refractivity contribution is 7.53. The molecule has 0 fully saturated rings. The molecule has 12 heteroatoms. The highest BCUT2D eigenvalue weighted by Crippen LogP contribution is 2.53. The van der Waals surface area contributed by atoms with E-state index in [9.17, 15) is 13.7 Å². The van der Waals surface area contributed by atoms with Crippen LogP contribution in [0.3, 0.4) is 0 Å². The van der Waals surface area contributed by atoms with Crippen molar-refractivity contribution in [2.24, 2.45) is 0 Å². The maximum Gasteiger partial charge on any atom is 0.334 e. The van der Waals surface area contributed by atoms with E-state index < -0.39 is 22.8 Å². The first-order valence-electron chi connectivity index (χ1n) is 7.83. The van der Waals surface area contributed by atoms with Gasteiger partial charge in [-0.2, -0.15) is 0 Å². The van der Waals surface area contributed by atoms with Crippen LogP contribution >= 0.6 is 22.8 Å². The van der Waals surface area contributed by atoms with E-state index in [1.165, 1.54) is 42.7 Å². The Morgan fingerprint density at radius 2 is 0.704 bits per heavy atom. The lowest BCUT2D eigenvalue weighted by atomic mass is 10.1. The molecule has 27 heavy (non-hydrogen) atoms. The molecule has 0 spiro atoms. The summed E-state index contributed by atoms with van der Waals surface area (Å²) in [6.07, 6.45) is -0.0554. The maximum atomic E-state index is 12.5. The van der Waals surface area contributed by atoms with Crippen LogP contribution in [0.25, 0.3) is 0 Å². The van der Waals surface area contributed by atoms with Crippen molar-refractivity contribution in [1.82, 2.24) is 0 Å². The molecular weight excluding hydrogens is 417 g/mol. The maximum absolute atomic E-state index is 12.5. The minimum atomic E-state index is -3.34. The van der Waals surface area contributed by atoms with Crippen LogP contribution in [0, 0.1) is 0 Å². The van der Waals surface area contributed by atoms with E-state index in [4.69, 9.17) is 27.1 Å². The van der Waals surface area contributed by atoms with Gasteiger partial charge in [0.05, 0.1) is 18.5 Å². The van der Waals surface area contributed by atoms with Crippen molar-refractivity contribution in [3.05, 3.63) is 34.9 Å². The third-order valence-electron chi connectivity index (χ3n) is 3.91. The Balaban J connectivity index is 3.36. The van der Waals surface area contributed by atoms with Gasteiger partial charge in [-0.05, 0) is 16.7 Å². The molecule has 0 bridgehead atoms. The molecule has 0 saturated carbocycles. The highest BCUT2D eigenvalue weighted by atomic mass is 31.2. The van der Waals surface area contributed by atoms with Crippen molar-refractivity contribution in [3.8, 4) is 0 Å². The Bertz CT molecular complexity index is 629. The Morgan fingerprint density at radius 3 is 0.852 bits per heavy atom. The number of benzene rings is 1. The normalized spacial score (nSPS) is 13.1. The third-order valence-corrected chi connectivity index (χ3v) is 9.51. The second-order valence-electron chi connectivity index (χ2n) is 5.56. The zero-order chi connectivity index (χ0) is 20.7. The molecule has 0 atom stereocenters. The Hall–Kier alpha value is -0.330. The van der Waals surface area contributed by atoms with Gasteiger partial charge in [0.1, 0.15) is 0 Å². The molecule has 1 aromatic rings. The quantitative estimate of drug-likeness (QED) is 0.426. The van der Waals surface area contributed by atoms with E-state index in [2.05, 4.69) is 0 Å². The summed E-state index contributed by atoms with van der Waals surface area (Å²) < 4.78 is 67.3. The van der Waals surface area contributed by atoms with Crippen molar-refractivity contribution in [2.75, 3.05) is 42.7 Å². The molecule has 0 heterocycles. The molecule has 0 aliphatic carbocycles. The average molecular weight is 444 g/mol. The van der Waals surface area contributed by atoms with E-state index in [1.807, 2.05) is 0 Å². The molecule has 0 aromatic heterocycles. The lowest BCUT2D eigenvalue weighted by Crippen LogP contribution is -2.01. The van der Waals surface area contributed by atoms with Gasteiger partial charge in [-0.25, -0.2) is 0 Å². The summed E-state index contributed by atoms with van der Waals surface area (Å²) in [6, 6.07) is 5.09. The lowest BCUT2D eigenvalue weighted by Gasteiger charge is -2.19. The highest BCUT2D eigenvalue weighted by Gasteiger charge is 2.27. The van der Waals surface area contributed by atoms with Gasteiger partial charge in [-0.15, -0.1) is 0 Å². The van der Waals surface area contributed by atoms with Crippen molar-refractivity contribution < 1.29 is 40.8 Å². The molecule has 0 radical (unpaired) electrons. The summed E-state index contributed by atoms with van der Waals surface area (Å²) in [5.41, 5.74) is 1.77. The van der Waals surface area contributed by atoms with Crippen LogP contribution in [0.5, 0.6) is 0 Å². The topological polar surface area (TPSA) is 107 Å². The van der Waals surface area contributed by atoms with Crippen LogP contribution in [0.2, 0.25) is 0 Å². The summed E-state index contributed by atoms with van der Waals surface area (Å²) in [4.78, 5) is 0. The first kappa shape index (κ1) is 24.7. The molecule has 0 aliphatic rings. The molecule has 9 nitrogen and oxygen atoms in total. The summed E-state index contributed by atoms with van der Waals surface area (Å²) >= 11 is 0. The fraction of sp³-hybridized carbons (Fsp3) is 0.600. The predicted molar refractivity (Wildman–Crippen MR) is 102 cm³/mol. The second kappa shape index (κ2) is 10.4. The van der Waals surface area contributed by atoms with Gasteiger partial charge in [0.15, 0.2) is 0 Å². The van der Waals surface area contributed by atoms with Crippen LogP contribution < -0.4 is 0 Å². The van der Waals surface area contributed by atoms with Crippen molar-refractivity contribution >= 4 is 22.8 Å². The first-order chi connectivity index (χ1) is 12.6. The summed E-state index contributed by atoms with van der Waals surface area (Å²) in [5.74, 6) is 0. The number of hydrogen-bond acceptors (Lipinski definition) is 9. The van der Waals surface area contributed by atoms with Gasteiger partial charge in [0, 0.05) is 42.7 Å². The van der Waals surface area contributed by atoms with Crippen molar-refractivity contribution in [2.45, 2.75) is 18.5 Å². The van der Waals surface area contributed by atoms with Crippen LogP contribution in [0.4, 0.5) is 0 Å². The van der Waals surface area contributed by atoms with Crippen LogP contribution in [0.1, 0.15) is 16.7 Å². The van der Waals surface area contributed by atoms with Gasteiger partial charge in [0.2, 0.25) is 0 Å². The zero-order valence-electron chi connectivity index (χ0n) is 16.4. The molecule has 0 amide bonds. The second-order valence-corrected chi connectivity index (χ2v) is 12.4. The summed E-state index contributed by atoms with van der Waals surface area (Å²) in [6.45, 7) is 0. The lowest BCUT2D eigenvalue weighted by molar-refractivity contribution is 0.274. The van der Waals surface area contributed by atoms with Crippen LogP contribution in [-0.2, 0) is 59.3 Å². The number of rotatable bonds is 12. The summed E-state index contributed by atoms with van der Waals surface area (Å²) in [7, 11) is -2.24. The fourth-order valence-electron chi connectivity index (χ4n) is 2.39. The van der Waals surface area contributed by atoms with Crippen molar-refractivity contribution in [3.63, 3.8) is 0 Å². The van der Waals surface area contributed by atoms with E-state index in [0.29, 0.717) is 16.7 Å². The minimum Gasteiger partial charge on any atom is -0.312 e. The van der Waals surface area contributed by atoms with Gasteiger partial charge in [0.25, 0.3) is 0 Å². The summed E-state index contributed by atoms with van der Waals surface area (Å²) in [5, 5.41) is 0. The van der Waals surface area contributed by atoms with Gasteiger partial charge >= 0.3 is 22.8 Å². The zero-order valence-corrected chi connectivity index (χ0v) is 19.1. The first-order valence-corrected chi connectivity index (χ1v) is 13.0. The number of hydrogen-bond donors (Lipinski definition) is 0. The Labute approximate surface area is 160 Å². The molecular formula is C15H27O9P3. The van der Waals surface area contributed by atoms with Crippen LogP contribution in [0.15, 0.2) is 18.2 Å². The molecule has 0 saturated heterocycles. The molecule has 0 aliphatic heterocycles. The van der Waals surface area contributed by atoms with Gasteiger partial charge < -0.3 is 27.1 Å². The van der Waals surface area contributed by atoms with Gasteiger partial charge in [-0.1, -0.05) is 18.2 Å². The monoisotopic (exact) mass is 444 g/mol. The minimum absolute atomic E-state index is 0.0185. The van der Waals surface area contributed by atoms with E-state index >= 15 is 0 Å². The molecule has 156 valence electrons. The predicted octanol–water partition coefficient (Wildman–Crippen LogP) is 4.64. The Kier molecular flexibility index (Phi) is 9.56. The third kappa shape index (κ3) is 7.21. The fourth-order valence-corrected chi connectivity index (χ4v) is 5.51. The molecule has 1 rings (SSSR count). The van der Waals surface area contributed by atoms with E-state index in [1.54, 1.807) is 18.2 Å². The SMILES string of the molecule is COP(=O)(Cc1cc(CP(=O)(OC)OC)cc(CP(=O)(OC)OC)c1)OC. The smallest absolute Gasteiger partial charge is 0.312 e. The molecule has 1 aromatic carbocycles.